The van der Waals surface area contributed by atoms with Crippen LogP contribution in [0.5, 0.6) is 0 Å². The highest BCUT2D eigenvalue weighted by Crippen LogP contribution is 2.47. The van der Waals surface area contributed by atoms with E-state index in [1.54, 1.807) is 12.1 Å². The van der Waals surface area contributed by atoms with Crippen LogP contribution in [0.2, 0.25) is 0 Å². The summed E-state index contributed by atoms with van der Waals surface area (Å²) in [5.41, 5.74) is 2.34. The lowest BCUT2D eigenvalue weighted by Crippen LogP contribution is -2.50. The maximum Gasteiger partial charge on any atom is 0.234 e. The number of amides is 1. The van der Waals surface area contributed by atoms with Gasteiger partial charge in [-0.15, -0.1) is 12.4 Å². The summed E-state index contributed by atoms with van der Waals surface area (Å²) in [6, 6.07) is 17.1. The third-order valence-corrected chi connectivity index (χ3v) is 5.80. The number of nitrogens with one attached hydrogen (secondary N) is 2. The van der Waals surface area contributed by atoms with Crippen molar-refractivity contribution in [2.45, 2.75) is 24.3 Å². The van der Waals surface area contributed by atoms with Crippen LogP contribution in [0.1, 0.15) is 30.0 Å². The van der Waals surface area contributed by atoms with E-state index in [0.717, 1.165) is 38.0 Å². The fraction of sp³-hybridized carbons (Fsp3) is 0.409. The molecular weight excluding hydrogens is 377 g/mol. The molecule has 0 radical (unpaired) electrons. The summed E-state index contributed by atoms with van der Waals surface area (Å²) >= 11 is 0. The number of benzene rings is 2. The van der Waals surface area contributed by atoms with Gasteiger partial charge in [0, 0.05) is 37.6 Å². The lowest BCUT2D eigenvalue weighted by Gasteiger charge is -2.36. The monoisotopic (exact) mass is 403 g/mol. The molecule has 4 rings (SSSR count). The Morgan fingerprint density at radius 1 is 1.18 bits per heavy atom. The van der Waals surface area contributed by atoms with Crippen LogP contribution in [0.25, 0.3) is 0 Å². The molecule has 0 aromatic heterocycles. The average molecular weight is 404 g/mol. The van der Waals surface area contributed by atoms with Crippen molar-refractivity contribution in [3.8, 4) is 0 Å². The van der Waals surface area contributed by atoms with Gasteiger partial charge in [-0.3, -0.25) is 9.69 Å². The van der Waals surface area contributed by atoms with Crippen LogP contribution in [0.4, 0.5) is 4.39 Å². The predicted octanol–water partition coefficient (Wildman–Crippen LogP) is 3.04. The van der Waals surface area contributed by atoms with Gasteiger partial charge in [-0.2, -0.15) is 0 Å². The zero-order valence-electron chi connectivity index (χ0n) is 15.9. The van der Waals surface area contributed by atoms with Crippen LogP contribution in [0.15, 0.2) is 54.6 Å². The SMILES string of the molecule is Cl.O=C(CN1CCNCC1c1cccc(F)c1)NCC1(c2ccccc2)CC1. The van der Waals surface area contributed by atoms with Crippen LogP contribution in [-0.4, -0.2) is 43.5 Å². The molecule has 1 atom stereocenters. The number of carbonyl (C=O) groups excluding carboxylic acids is 1. The van der Waals surface area contributed by atoms with Crippen LogP contribution in [0, 0.1) is 5.82 Å². The van der Waals surface area contributed by atoms with Crippen molar-refractivity contribution >= 4 is 18.3 Å². The average Bonchev–Trinajstić information content (AvgIpc) is 3.49. The molecule has 28 heavy (non-hydrogen) atoms. The van der Waals surface area contributed by atoms with Gasteiger partial charge < -0.3 is 10.6 Å². The summed E-state index contributed by atoms with van der Waals surface area (Å²) in [4.78, 5) is 14.8. The molecule has 4 nitrogen and oxygen atoms in total. The molecule has 1 heterocycles. The molecule has 1 aliphatic heterocycles. The number of rotatable bonds is 6. The summed E-state index contributed by atoms with van der Waals surface area (Å²) in [6.07, 6.45) is 2.24. The first-order valence-corrected chi connectivity index (χ1v) is 9.69. The van der Waals surface area contributed by atoms with E-state index in [-0.39, 0.29) is 35.6 Å². The zero-order valence-corrected chi connectivity index (χ0v) is 16.7. The first-order chi connectivity index (χ1) is 13.2. The number of halogens is 2. The van der Waals surface area contributed by atoms with Gasteiger partial charge in [-0.25, -0.2) is 4.39 Å². The van der Waals surface area contributed by atoms with Crippen molar-refractivity contribution in [3.05, 3.63) is 71.5 Å². The second kappa shape index (κ2) is 9.03. The molecule has 1 amide bonds. The molecule has 2 aromatic rings. The highest BCUT2D eigenvalue weighted by atomic mass is 35.5. The third-order valence-electron chi connectivity index (χ3n) is 5.80. The van der Waals surface area contributed by atoms with Gasteiger partial charge >= 0.3 is 0 Å². The van der Waals surface area contributed by atoms with Crippen molar-refractivity contribution < 1.29 is 9.18 Å². The summed E-state index contributed by atoms with van der Waals surface area (Å²) in [7, 11) is 0. The first-order valence-electron chi connectivity index (χ1n) is 9.69. The molecule has 0 bridgehead atoms. The van der Waals surface area contributed by atoms with Crippen LogP contribution in [0.3, 0.4) is 0 Å². The van der Waals surface area contributed by atoms with E-state index in [4.69, 9.17) is 0 Å². The molecule has 2 aliphatic rings. The molecule has 2 fully saturated rings. The Morgan fingerprint density at radius 3 is 2.68 bits per heavy atom. The number of carbonyl (C=O) groups is 1. The number of nitrogens with zero attached hydrogens (tertiary/aromatic N) is 1. The van der Waals surface area contributed by atoms with Gasteiger partial charge in [0.2, 0.25) is 5.91 Å². The maximum atomic E-state index is 13.6. The van der Waals surface area contributed by atoms with Gasteiger partial charge in [-0.05, 0) is 36.1 Å². The van der Waals surface area contributed by atoms with Gasteiger partial charge in [-0.1, -0.05) is 42.5 Å². The minimum atomic E-state index is -0.235. The highest BCUT2D eigenvalue weighted by Gasteiger charge is 2.44. The van der Waals surface area contributed by atoms with E-state index in [9.17, 15) is 9.18 Å². The van der Waals surface area contributed by atoms with E-state index < -0.39 is 0 Å². The third kappa shape index (κ3) is 4.72. The van der Waals surface area contributed by atoms with E-state index in [1.165, 1.54) is 11.6 Å². The fourth-order valence-corrected chi connectivity index (χ4v) is 4.00. The topological polar surface area (TPSA) is 44.4 Å². The lowest BCUT2D eigenvalue weighted by atomic mass is 9.96. The van der Waals surface area contributed by atoms with E-state index >= 15 is 0 Å². The number of piperazine rings is 1. The Balaban J connectivity index is 0.00000225. The summed E-state index contributed by atoms with van der Waals surface area (Å²) in [5.74, 6) is -0.193. The molecular formula is C22H27ClFN3O. The van der Waals surface area contributed by atoms with Crippen molar-refractivity contribution in [3.63, 3.8) is 0 Å². The second-order valence-electron chi connectivity index (χ2n) is 7.67. The standard InChI is InChI=1S/C22H26FN3O.ClH/c23-19-8-4-5-17(13-19)20-14-24-11-12-26(20)15-21(27)25-16-22(9-10-22)18-6-2-1-3-7-18;/h1-8,13,20,24H,9-12,14-16H2,(H,25,27);1H. The summed E-state index contributed by atoms with van der Waals surface area (Å²) in [5, 5.41) is 6.49. The first kappa shape index (κ1) is 20.8. The number of hydrogen-bond donors (Lipinski definition) is 2. The molecule has 1 unspecified atom stereocenters. The molecule has 1 saturated carbocycles. The lowest BCUT2D eigenvalue weighted by molar-refractivity contribution is -0.123. The van der Waals surface area contributed by atoms with Gasteiger partial charge in [0.25, 0.3) is 0 Å². The van der Waals surface area contributed by atoms with E-state index in [2.05, 4.69) is 39.8 Å². The molecule has 1 saturated heterocycles. The zero-order chi connectivity index (χ0) is 18.7. The summed E-state index contributed by atoms with van der Waals surface area (Å²) < 4.78 is 13.6. The van der Waals surface area contributed by atoms with Crippen molar-refractivity contribution in [2.24, 2.45) is 0 Å². The van der Waals surface area contributed by atoms with Crippen molar-refractivity contribution in [2.75, 3.05) is 32.7 Å². The Bertz CT molecular complexity index is 797. The van der Waals surface area contributed by atoms with Crippen LogP contribution >= 0.6 is 12.4 Å². The Hall–Kier alpha value is -1.95. The molecule has 2 aromatic carbocycles. The second-order valence-corrected chi connectivity index (χ2v) is 7.67. The number of hydrogen-bond acceptors (Lipinski definition) is 3. The van der Waals surface area contributed by atoms with Crippen LogP contribution in [-0.2, 0) is 10.2 Å². The molecule has 2 N–H and O–H groups in total. The summed E-state index contributed by atoms with van der Waals surface area (Å²) in [6.45, 7) is 3.37. The van der Waals surface area contributed by atoms with E-state index in [0.29, 0.717) is 13.1 Å². The van der Waals surface area contributed by atoms with Gasteiger partial charge in [0.1, 0.15) is 5.82 Å². The smallest absolute Gasteiger partial charge is 0.234 e. The normalized spacial score (nSPS) is 20.8. The predicted molar refractivity (Wildman–Crippen MR) is 111 cm³/mol. The van der Waals surface area contributed by atoms with Gasteiger partial charge in [0.15, 0.2) is 0 Å². The van der Waals surface area contributed by atoms with Crippen molar-refractivity contribution in [1.29, 1.82) is 0 Å². The molecule has 1 aliphatic carbocycles. The molecule has 150 valence electrons. The quantitative estimate of drug-likeness (QED) is 0.779. The largest absolute Gasteiger partial charge is 0.354 e. The molecule has 0 spiro atoms. The minimum absolute atomic E-state index is 0. The minimum Gasteiger partial charge on any atom is -0.354 e. The fourth-order valence-electron chi connectivity index (χ4n) is 4.00. The van der Waals surface area contributed by atoms with E-state index in [1.807, 2.05) is 12.1 Å². The Labute approximate surface area is 171 Å². The van der Waals surface area contributed by atoms with Gasteiger partial charge in [0.05, 0.1) is 6.54 Å². The Morgan fingerprint density at radius 2 is 1.96 bits per heavy atom. The molecule has 6 heteroatoms. The Kier molecular flexibility index (Phi) is 6.70. The maximum absolute atomic E-state index is 13.6. The van der Waals surface area contributed by atoms with Crippen molar-refractivity contribution in [1.82, 2.24) is 15.5 Å². The highest BCUT2D eigenvalue weighted by molar-refractivity contribution is 5.85. The van der Waals surface area contributed by atoms with Crippen LogP contribution < -0.4 is 10.6 Å².